The molecule has 8 heteroatoms. The fraction of sp³-hybridized carbons (Fsp3) is 0.440. The van der Waals surface area contributed by atoms with Gasteiger partial charge >= 0.3 is 11.9 Å². The van der Waals surface area contributed by atoms with Crippen LogP contribution in [0.25, 0.3) is 0 Å². The predicted octanol–water partition coefficient (Wildman–Crippen LogP) is 4.80. The molecule has 2 heterocycles. The maximum absolute atomic E-state index is 14.1. The number of aromatic carboxylic acids is 1. The van der Waals surface area contributed by atoms with Gasteiger partial charge in [-0.2, -0.15) is 8.78 Å². The van der Waals surface area contributed by atoms with E-state index in [1.165, 1.54) is 28.7 Å². The van der Waals surface area contributed by atoms with Crippen LogP contribution in [0.15, 0.2) is 54.6 Å². The summed E-state index contributed by atoms with van der Waals surface area (Å²) in [7, 11) is 0. The lowest BCUT2D eigenvalue weighted by Crippen LogP contribution is -2.36. The van der Waals surface area contributed by atoms with Gasteiger partial charge in [0.25, 0.3) is 5.91 Å². The van der Waals surface area contributed by atoms with Crippen LogP contribution in [0.2, 0.25) is 0 Å². The van der Waals surface area contributed by atoms with E-state index < -0.39 is 36.4 Å². The first-order valence-electron chi connectivity index (χ1n) is 11.1. The van der Waals surface area contributed by atoms with E-state index in [4.69, 9.17) is 5.11 Å². The molecule has 2 aromatic rings. The summed E-state index contributed by atoms with van der Waals surface area (Å²) < 4.78 is 28.2. The standard InChI is InChI=1S/C25H29F2NO4S/c1-17(9-10-18-6-3-2-4-7-18)21(29)13-11-19-16-25(26,27)24(32)28(19)15-5-8-20-12-14-22(33-20)23(30)31/h2-4,6-7,11-14,17,19,21,29H,5,8-10,15-16H2,1H3,(H,30,31)/t17-,19-,21-/m0/s1. The summed E-state index contributed by atoms with van der Waals surface area (Å²) in [5.41, 5.74) is 1.17. The second-order valence-corrected chi connectivity index (χ2v) is 9.69. The number of benzene rings is 1. The number of thiophene rings is 1. The first-order valence-corrected chi connectivity index (χ1v) is 11.9. The number of halogens is 2. The fourth-order valence-electron chi connectivity index (χ4n) is 3.95. The highest BCUT2D eigenvalue weighted by Gasteiger charge is 2.52. The van der Waals surface area contributed by atoms with E-state index in [-0.39, 0.29) is 17.3 Å². The Bertz CT molecular complexity index is 976. The van der Waals surface area contributed by atoms with Crippen molar-refractivity contribution in [2.75, 3.05) is 6.54 Å². The lowest BCUT2D eigenvalue weighted by molar-refractivity contribution is -0.148. The van der Waals surface area contributed by atoms with Gasteiger partial charge in [-0.15, -0.1) is 11.3 Å². The van der Waals surface area contributed by atoms with Crippen molar-refractivity contribution in [3.05, 3.63) is 69.9 Å². The maximum atomic E-state index is 14.1. The number of hydrogen-bond acceptors (Lipinski definition) is 4. The molecule has 0 radical (unpaired) electrons. The zero-order valence-electron chi connectivity index (χ0n) is 18.5. The molecule has 0 aliphatic carbocycles. The number of nitrogens with zero attached hydrogens (tertiary/aromatic N) is 1. The highest BCUT2D eigenvalue weighted by atomic mass is 32.1. The largest absolute Gasteiger partial charge is 0.477 e. The molecule has 0 unspecified atom stereocenters. The third-order valence-electron chi connectivity index (χ3n) is 5.98. The van der Waals surface area contributed by atoms with E-state index in [0.29, 0.717) is 12.8 Å². The van der Waals surface area contributed by atoms with Crippen LogP contribution >= 0.6 is 11.3 Å². The quantitative estimate of drug-likeness (QED) is 0.456. The van der Waals surface area contributed by atoms with Crippen molar-refractivity contribution in [1.82, 2.24) is 4.90 Å². The van der Waals surface area contributed by atoms with Crippen molar-refractivity contribution >= 4 is 23.2 Å². The highest BCUT2D eigenvalue weighted by Crippen LogP contribution is 2.34. The monoisotopic (exact) mass is 477 g/mol. The molecule has 1 aromatic heterocycles. The van der Waals surface area contributed by atoms with Crippen LogP contribution in [-0.2, 0) is 17.6 Å². The fourth-order valence-corrected chi connectivity index (χ4v) is 4.84. The second-order valence-electron chi connectivity index (χ2n) is 8.53. The normalized spacial score (nSPS) is 19.8. The molecule has 1 fully saturated rings. The minimum Gasteiger partial charge on any atom is -0.477 e. The van der Waals surface area contributed by atoms with Gasteiger partial charge in [-0.1, -0.05) is 49.4 Å². The van der Waals surface area contributed by atoms with Crippen molar-refractivity contribution in [1.29, 1.82) is 0 Å². The molecule has 0 spiro atoms. The average molecular weight is 478 g/mol. The molecule has 2 N–H and O–H groups in total. The first kappa shape index (κ1) is 25.1. The molecule has 1 aliphatic heterocycles. The van der Waals surface area contributed by atoms with Crippen LogP contribution in [-0.4, -0.2) is 51.6 Å². The van der Waals surface area contributed by atoms with Crippen molar-refractivity contribution in [2.45, 2.75) is 57.1 Å². The Hall–Kier alpha value is -2.58. The summed E-state index contributed by atoms with van der Waals surface area (Å²) in [6.45, 7) is 2.06. The number of amides is 1. The minimum atomic E-state index is -3.42. The van der Waals surface area contributed by atoms with E-state index in [0.717, 1.165) is 29.1 Å². The Labute approximate surface area is 196 Å². The molecule has 1 aromatic carbocycles. The Morgan fingerprint density at radius 3 is 2.64 bits per heavy atom. The Morgan fingerprint density at radius 2 is 1.97 bits per heavy atom. The molecule has 1 saturated heterocycles. The summed E-state index contributed by atoms with van der Waals surface area (Å²) in [6, 6.07) is 12.4. The third kappa shape index (κ3) is 6.71. The van der Waals surface area contributed by atoms with E-state index in [2.05, 4.69) is 0 Å². The number of aliphatic hydroxyl groups excluding tert-OH is 1. The molecule has 178 valence electrons. The zero-order valence-corrected chi connectivity index (χ0v) is 19.3. The number of hydrogen-bond donors (Lipinski definition) is 2. The number of aliphatic hydroxyl groups is 1. The van der Waals surface area contributed by atoms with Crippen LogP contribution < -0.4 is 0 Å². The minimum absolute atomic E-state index is 0.0604. The van der Waals surface area contributed by atoms with E-state index >= 15 is 0 Å². The van der Waals surface area contributed by atoms with Crippen molar-refractivity contribution in [2.24, 2.45) is 5.92 Å². The van der Waals surface area contributed by atoms with E-state index in [9.17, 15) is 23.5 Å². The molecule has 3 atom stereocenters. The molecule has 5 nitrogen and oxygen atoms in total. The molecule has 0 bridgehead atoms. The molecule has 33 heavy (non-hydrogen) atoms. The van der Waals surface area contributed by atoms with Gasteiger partial charge in [-0.05, 0) is 49.3 Å². The number of aryl methyl sites for hydroxylation is 2. The van der Waals surface area contributed by atoms with E-state index in [1.54, 1.807) is 6.07 Å². The summed E-state index contributed by atoms with van der Waals surface area (Å²) in [5, 5.41) is 19.5. The van der Waals surface area contributed by atoms with Gasteiger partial charge in [-0.25, -0.2) is 4.79 Å². The second kappa shape index (κ2) is 11.0. The van der Waals surface area contributed by atoms with Crippen molar-refractivity contribution in [3.8, 4) is 0 Å². The predicted molar refractivity (Wildman–Crippen MR) is 124 cm³/mol. The summed E-state index contributed by atoms with van der Waals surface area (Å²) in [4.78, 5) is 25.4. The molecule has 1 aliphatic rings. The van der Waals surface area contributed by atoms with Gasteiger partial charge in [0.05, 0.1) is 12.1 Å². The van der Waals surface area contributed by atoms with Crippen LogP contribution in [0.3, 0.4) is 0 Å². The van der Waals surface area contributed by atoms with Crippen molar-refractivity contribution < 1.29 is 28.6 Å². The summed E-state index contributed by atoms with van der Waals surface area (Å²) in [6.07, 6.45) is 4.17. The molecular formula is C25H29F2NO4S. The molecule has 0 saturated carbocycles. The zero-order chi connectivity index (χ0) is 24.0. The van der Waals surface area contributed by atoms with Crippen LogP contribution in [0.5, 0.6) is 0 Å². The molecule has 1 amide bonds. The topological polar surface area (TPSA) is 77.8 Å². The Kier molecular flexibility index (Phi) is 8.37. The van der Waals surface area contributed by atoms with Gasteiger partial charge in [0.15, 0.2) is 0 Å². The molecule has 3 rings (SSSR count). The lowest BCUT2D eigenvalue weighted by Gasteiger charge is -2.22. The van der Waals surface area contributed by atoms with Gasteiger partial charge in [0, 0.05) is 17.8 Å². The first-order chi connectivity index (χ1) is 15.7. The average Bonchev–Trinajstić information content (AvgIpc) is 3.35. The number of carbonyl (C=O) groups is 2. The SMILES string of the molecule is C[C@@H](CCc1ccccc1)[C@@H](O)C=C[C@H]1CC(F)(F)C(=O)N1CCCc1ccc(C(=O)O)s1. The number of rotatable bonds is 11. The summed E-state index contributed by atoms with van der Waals surface area (Å²) in [5.74, 6) is -5.67. The van der Waals surface area contributed by atoms with Gasteiger partial charge in [0.1, 0.15) is 4.88 Å². The Balaban J connectivity index is 1.55. The van der Waals surface area contributed by atoms with Gasteiger partial charge < -0.3 is 15.1 Å². The Morgan fingerprint density at radius 1 is 1.24 bits per heavy atom. The number of likely N-dealkylation sites (tertiary alicyclic amines) is 1. The van der Waals surface area contributed by atoms with Gasteiger partial charge in [0.2, 0.25) is 0 Å². The third-order valence-corrected chi connectivity index (χ3v) is 7.11. The molecular weight excluding hydrogens is 448 g/mol. The van der Waals surface area contributed by atoms with Crippen LogP contribution in [0.1, 0.15) is 46.3 Å². The van der Waals surface area contributed by atoms with E-state index in [1.807, 2.05) is 37.3 Å². The number of alkyl halides is 2. The number of carboxylic acids is 1. The van der Waals surface area contributed by atoms with Crippen LogP contribution in [0, 0.1) is 5.92 Å². The number of carboxylic acid groups (broad SMARTS) is 1. The maximum Gasteiger partial charge on any atom is 0.345 e. The smallest absolute Gasteiger partial charge is 0.345 e. The number of carbonyl (C=O) groups excluding carboxylic acids is 1. The van der Waals surface area contributed by atoms with Crippen molar-refractivity contribution in [3.63, 3.8) is 0 Å². The highest BCUT2D eigenvalue weighted by molar-refractivity contribution is 7.13. The summed E-state index contributed by atoms with van der Waals surface area (Å²) >= 11 is 1.15. The lowest BCUT2D eigenvalue weighted by atomic mass is 9.95. The van der Waals surface area contributed by atoms with Gasteiger partial charge in [-0.3, -0.25) is 4.79 Å². The van der Waals surface area contributed by atoms with Crippen LogP contribution in [0.4, 0.5) is 8.78 Å².